The molecule has 0 aliphatic carbocycles. The number of rotatable bonds is 5. The summed E-state index contributed by atoms with van der Waals surface area (Å²) in [7, 11) is 0. The van der Waals surface area contributed by atoms with Crippen LogP contribution in [0.4, 0.5) is 0 Å². The molecule has 0 spiro atoms. The molecule has 1 N–H and O–H groups in total. The van der Waals surface area contributed by atoms with Crippen molar-refractivity contribution in [3.05, 3.63) is 53.8 Å². The molecule has 1 atom stereocenters. The van der Waals surface area contributed by atoms with Gasteiger partial charge in [-0.25, -0.2) is 4.79 Å². The highest BCUT2D eigenvalue weighted by molar-refractivity contribution is 5.84. The number of ether oxygens (including phenoxy) is 1. The summed E-state index contributed by atoms with van der Waals surface area (Å²) >= 11 is 0. The molecule has 0 bridgehead atoms. The van der Waals surface area contributed by atoms with E-state index < -0.39 is 5.97 Å². The highest BCUT2D eigenvalue weighted by Gasteiger charge is 2.25. The van der Waals surface area contributed by atoms with Gasteiger partial charge >= 0.3 is 5.97 Å². The normalized spacial score (nSPS) is 18.8. The maximum Gasteiger partial charge on any atom is 0.371 e. The van der Waals surface area contributed by atoms with Gasteiger partial charge < -0.3 is 14.3 Å². The van der Waals surface area contributed by atoms with Crippen molar-refractivity contribution in [2.45, 2.75) is 19.1 Å². The van der Waals surface area contributed by atoms with Crippen LogP contribution in [0.1, 0.15) is 22.5 Å². The topological polar surface area (TPSA) is 62.9 Å². The van der Waals surface area contributed by atoms with Gasteiger partial charge in [-0.1, -0.05) is 30.3 Å². The van der Waals surface area contributed by atoms with E-state index >= 15 is 0 Å². The van der Waals surface area contributed by atoms with E-state index in [1.165, 1.54) is 11.6 Å². The Morgan fingerprint density at radius 1 is 1.29 bits per heavy atom. The first-order chi connectivity index (χ1) is 10.2. The van der Waals surface area contributed by atoms with E-state index in [1.54, 1.807) is 6.07 Å². The molecule has 1 aromatic heterocycles. The Morgan fingerprint density at radius 3 is 2.81 bits per heavy atom. The Hall–Kier alpha value is -2.27. The number of likely N-dealkylation sites (tertiary alicyclic amines) is 1. The quantitative estimate of drug-likeness (QED) is 0.916. The van der Waals surface area contributed by atoms with Gasteiger partial charge in [0.25, 0.3) is 5.95 Å². The molecule has 1 saturated heterocycles. The lowest BCUT2D eigenvalue weighted by Crippen LogP contribution is -2.24. The molecule has 5 nitrogen and oxygen atoms in total. The highest BCUT2D eigenvalue weighted by Crippen LogP contribution is 2.22. The number of furan rings is 1. The minimum absolute atomic E-state index is 0.0431. The van der Waals surface area contributed by atoms with E-state index in [1.807, 2.05) is 18.2 Å². The smallest absolute Gasteiger partial charge is 0.371 e. The molecule has 1 aliphatic heterocycles. The number of hydrogen-bond acceptors (Lipinski definition) is 4. The maximum atomic E-state index is 10.7. The Morgan fingerprint density at radius 2 is 2.10 bits per heavy atom. The van der Waals surface area contributed by atoms with E-state index in [2.05, 4.69) is 17.0 Å². The fraction of sp³-hybridized carbons (Fsp3) is 0.312. The standard InChI is InChI=1S/C16H17NO4/c18-16(19)14-6-7-15(21-14)20-13-8-9-17(11-13)10-12-4-2-1-3-5-12/h1-7,13H,8-11H2,(H,18,19). The molecule has 0 saturated carbocycles. The molecule has 21 heavy (non-hydrogen) atoms. The number of aromatic carboxylic acids is 1. The molecule has 1 aromatic carbocycles. The molecule has 0 amide bonds. The molecule has 2 heterocycles. The lowest BCUT2D eigenvalue weighted by molar-refractivity contribution is 0.0646. The summed E-state index contributed by atoms with van der Waals surface area (Å²) in [5, 5.41) is 8.81. The van der Waals surface area contributed by atoms with Crippen molar-refractivity contribution in [3.8, 4) is 5.95 Å². The van der Waals surface area contributed by atoms with Gasteiger partial charge in [0, 0.05) is 25.7 Å². The Kier molecular flexibility index (Phi) is 3.92. The maximum absolute atomic E-state index is 10.7. The van der Waals surface area contributed by atoms with Crippen molar-refractivity contribution >= 4 is 5.97 Å². The first-order valence-corrected chi connectivity index (χ1v) is 6.97. The monoisotopic (exact) mass is 287 g/mol. The zero-order valence-corrected chi connectivity index (χ0v) is 11.6. The van der Waals surface area contributed by atoms with Gasteiger partial charge in [-0.3, -0.25) is 4.90 Å². The molecule has 1 unspecified atom stereocenters. The van der Waals surface area contributed by atoms with Crippen LogP contribution in [0.15, 0.2) is 46.9 Å². The van der Waals surface area contributed by atoms with Crippen LogP contribution >= 0.6 is 0 Å². The van der Waals surface area contributed by atoms with Gasteiger partial charge in [0.15, 0.2) is 0 Å². The van der Waals surface area contributed by atoms with Gasteiger partial charge in [-0.05, 0) is 18.1 Å². The van der Waals surface area contributed by atoms with E-state index in [9.17, 15) is 4.79 Å². The molecule has 1 fully saturated rings. The zero-order valence-electron chi connectivity index (χ0n) is 11.6. The molecule has 110 valence electrons. The molecule has 5 heteroatoms. The third-order valence-corrected chi connectivity index (χ3v) is 3.55. The number of nitrogens with zero attached hydrogens (tertiary/aromatic N) is 1. The third kappa shape index (κ3) is 3.44. The average molecular weight is 287 g/mol. The van der Waals surface area contributed by atoms with Gasteiger partial charge in [0.05, 0.1) is 0 Å². The fourth-order valence-electron chi connectivity index (χ4n) is 2.54. The summed E-state index contributed by atoms with van der Waals surface area (Å²) < 4.78 is 10.8. The summed E-state index contributed by atoms with van der Waals surface area (Å²) in [5.41, 5.74) is 1.28. The first kappa shape index (κ1) is 13.7. The number of carboxylic acids is 1. The largest absolute Gasteiger partial charge is 0.475 e. The minimum atomic E-state index is -1.08. The Balaban J connectivity index is 1.53. The summed E-state index contributed by atoms with van der Waals surface area (Å²) in [6.07, 6.45) is 0.956. The molecule has 1 aliphatic rings. The summed E-state index contributed by atoms with van der Waals surface area (Å²) in [5.74, 6) is -0.898. The van der Waals surface area contributed by atoms with Crippen molar-refractivity contribution in [1.82, 2.24) is 4.90 Å². The van der Waals surface area contributed by atoms with Crippen LogP contribution < -0.4 is 4.74 Å². The molecule has 3 rings (SSSR count). The van der Waals surface area contributed by atoms with Crippen LogP contribution in [0, 0.1) is 0 Å². The van der Waals surface area contributed by atoms with Crippen molar-refractivity contribution in [3.63, 3.8) is 0 Å². The number of carbonyl (C=O) groups is 1. The number of hydrogen-bond donors (Lipinski definition) is 1. The van der Waals surface area contributed by atoms with E-state index in [0.717, 1.165) is 26.1 Å². The Bertz CT molecular complexity index is 608. The first-order valence-electron chi connectivity index (χ1n) is 6.97. The summed E-state index contributed by atoms with van der Waals surface area (Å²) in [4.78, 5) is 13.1. The summed E-state index contributed by atoms with van der Waals surface area (Å²) in [6.45, 7) is 2.68. The van der Waals surface area contributed by atoms with E-state index in [4.69, 9.17) is 14.3 Å². The average Bonchev–Trinajstić information content (AvgIpc) is 3.10. The Labute approximate surface area is 122 Å². The van der Waals surface area contributed by atoms with Crippen LogP contribution in [0.25, 0.3) is 0 Å². The van der Waals surface area contributed by atoms with Crippen LogP contribution in [0.3, 0.4) is 0 Å². The number of benzene rings is 1. The molecular formula is C16H17NO4. The van der Waals surface area contributed by atoms with Crippen LogP contribution in [-0.4, -0.2) is 35.2 Å². The zero-order chi connectivity index (χ0) is 14.7. The van der Waals surface area contributed by atoms with Gasteiger partial charge in [0.2, 0.25) is 5.76 Å². The van der Waals surface area contributed by atoms with Gasteiger partial charge in [-0.15, -0.1) is 0 Å². The van der Waals surface area contributed by atoms with E-state index in [-0.39, 0.29) is 17.8 Å². The van der Waals surface area contributed by atoms with Crippen LogP contribution in [0.5, 0.6) is 5.95 Å². The van der Waals surface area contributed by atoms with Crippen molar-refractivity contribution in [1.29, 1.82) is 0 Å². The van der Waals surface area contributed by atoms with E-state index in [0.29, 0.717) is 0 Å². The second-order valence-corrected chi connectivity index (χ2v) is 5.17. The van der Waals surface area contributed by atoms with Gasteiger partial charge in [0.1, 0.15) is 6.10 Å². The fourth-order valence-corrected chi connectivity index (χ4v) is 2.54. The summed E-state index contributed by atoms with van der Waals surface area (Å²) in [6, 6.07) is 13.3. The second kappa shape index (κ2) is 6.01. The molecular weight excluding hydrogens is 270 g/mol. The number of carboxylic acid groups (broad SMARTS) is 1. The molecule has 0 radical (unpaired) electrons. The van der Waals surface area contributed by atoms with Crippen molar-refractivity contribution < 1.29 is 19.1 Å². The lowest BCUT2D eigenvalue weighted by Gasteiger charge is -2.16. The van der Waals surface area contributed by atoms with Crippen molar-refractivity contribution in [2.75, 3.05) is 13.1 Å². The van der Waals surface area contributed by atoms with Gasteiger partial charge in [-0.2, -0.15) is 0 Å². The van der Waals surface area contributed by atoms with Crippen LogP contribution in [0.2, 0.25) is 0 Å². The van der Waals surface area contributed by atoms with Crippen LogP contribution in [-0.2, 0) is 6.54 Å². The minimum Gasteiger partial charge on any atom is -0.475 e. The highest BCUT2D eigenvalue weighted by atomic mass is 16.6. The predicted octanol–water partition coefficient (Wildman–Crippen LogP) is 2.63. The third-order valence-electron chi connectivity index (χ3n) is 3.55. The SMILES string of the molecule is O=C(O)c1ccc(OC2CCN(Cc3ccccc3)C2)o1. The lowest BCUT2D eigenvalue weighted by atomic mass is 10.2. The second-order valence-electron chi connectivity index (χ2n) is 5.17. The molecule has 2 aromatic rings. The van der Waals surface area contributed by atoms with Crippen molar-refractivity contribution in [2.24, 2.45) is 0 Å². The predicted molar refractivity (Wildman–Crippen MR) is 76.4 cm³/mol.